The molecular formula is C16H15ClF2N2O2S. The van der Waals surface area contributed by atoms with Crippen molar-refractivity contribution in [1.82, 2.24) is 9.88 Å². The zero-order chi connectivity index (χ0) is 17.5. The van der Waals surface area contributed by atoms with Crippen LogP contribution >= 0.6 is 23.4 Å². The van der Waals surface area contributed by atoms with Crippen molar-refractivity contribution in [3.8, 4) is 5.75 Å². The van der Waals surface area contributed by atoms with Crippen LogP contribution in [0.25, 0.3) is 0 Å². The number of thioether (sulfide) groups is 1. The van der Waals surface area contributed by atoms with Crippen LogP contribution in [0.3, 0.4) is 0 Å². The van der Waals surface area contributed by atoms with Gasteiger partial charge in [0.2, 0.25) is 0 Å². The number of alkyl halides is 2. The Bertz CT molecular complexity index is 703. The van der Waals surface area contributed by atoms with Gasteiger partial charge in [0.05, 0.1) is 12.1 Å². The van der Waals surface area contributed by atoms with E-state index in [0.29, 0.717) is 17.3 Å². The quantitative estimate of drug-likeness (QED) is 0.683. The van der Waals surface area contributed by atoms with Crippen molar-refractivity contribution in [3.05, 3.63) is 53.2 Å². The molecule has 0 atom stereocenters. The molecule has 4 nitrogen and oxygen atoms in total. The summed E-state index contributed by atoms with van der Waals surface area (Å²) in [6, 6.07) is 9.94. The number of pyridine rings is 1. The van der Waals surface area contributed by atoms with Crippen molar-refractivity contribution < 1.29 is 18.3 Å². The maximum Gasteiger partial charge on any atom is 0.290 e. The molecule has 0 aliphatic heterocycles. The van der Waals surface area contributed by atoms with Gasteiger partial charge in [0.25, 0.3) is 11.7 Å². The minimum Gasteiger partial charge on any atom is -0.492 e. The number of amides is 1. The molecule has 0 saturated heterocycles. The lowest BCUT2D eigenvalue weighted by atomic mass is 10.2. The normalized spacial score (nSPS) is 10.7. The third kappa shape index (κ3) is 5.35. The second-order valence-electron chi connectivity index (χ2n) is 4.77. The molecule has 0 saturated carbocycles. The highest BCUT2D eigenvalue weighted by atomic mass is 35.5. The van der Waals surface area contributed by atoms with Gasteiger partial charge in [-0.15, -0.1) is 0 Å². The zero-order valence-electron chi connectivity index (χ0n) is 12.8. The molecule has 1 aromatic carbocycles. The Balaban J connectivity index is 1.95. The standard InChI is InChI=1S/C16H15ClF2N2O2S/c1-21(8-9-23-12-5-2-4-11(17)10-12)15(22)13-6-3-7-20-14(13)24-16(18)19/h2-7,10,16H,8-9H2,1H3. The van der Waals surface area contributed by atoms with Crippen LogP contribution in [0, 0.1) is 0 Å². The van der Waals surface area contributed by atoms with Crippen LogP contribution in [0.5, 0.6) is 5.75 Å². The summed E-state index contributed by atoms with van der Waals surface area (Å²) in [6.07, 6.45) is 1.38. The summed E-state index contributed by atoms with van der Waals surface area (Å²) in [5.41, 5.74) is 0.146. The topological polar surface area (TPSA) is 42.4 Å². The predicted molar refractivity (Wildman–Crippen MR) is 90.0 cm³/mol. The van der Waals surface area contributed by atoms with E-state index in [0.717, 1.165) is 0 Å². The molecule has 0 aliphatic rings. The highest BCUT2D eigenvalue weighted by Crippen LogP contribution is 2.26. The van der Waals surface area contributed by atoms with Crippen LogP contribution in [-0.2, 0) is 0 Å². The molecule has 2 aromatic rings. The summed E-state index contributed by atoms with van der Waals surface area (Å²) in [5.74, 6) is -2.43. The number of likely N-dealkylation sites (N-methyl/N-ethyl adjacent to an activating group) is 1. The van der Waals surface area contributed by atoms with E-state index in [-0.39, 0.29) is 34.9 Å². The molecule has 8 heteroatoms. The van der Waals surface area contributed by atoms with Crippen molar-refractivity contribution >= 4 is 29.3 Å². The van der Waals surface area contributed by atoms with Gasteiger partial charge in [-0.05, 0) is 42.1 Å². The molecule has 0 bridgehead atoms. The summed E-state index contributed by atoms with van der Waals surface area (Å²) in [7, 11) is 1.58. The minimum atomic E-state index is -2.64. The fourth-order valence-corrected chi connectivity index (χ4v) is 2.65. The van der Waals surface area contributed by atoms with E-state index >= 15 is 0 Å². The highest BCUT2D eigenvalue weighted by Gasteiger charge is 2.19. The summed E-state index contributed by atoms with van der Waals surface area (Å²) in [4.78, 5) is 17.6. The number of ether oxygens (including phenoxy) is 1. The first kappa shape index (κ1) is 18.5. The van der Waals surface area contributed by atoms with Gasteiger partial charge in [0.15, 0.2) is 0 Å². The first-order chi connectivity index (χ1) is 11.5. The molecule has 1 amide bonds. The zero-order valence-corrected chi connectivity index (χ0v) is 14.4. The number of benzene rings is 1. The summed E-state index contributed by atoms with van der Waals surface area (Å²) >= 11 is 6.12. The van der Waals surface area contributed by atoms with Gasteiger partial charge in [0.1, 0.15) is 17.4 Å². The maximum absolute atomic E-state index is 12.6. The largest absolute Gasteiger partial charge is 0.492 e. The average molecular weight is 373 g/mol. The fourth-order valence-electron chi connectivity index (χ4n) is 1.90. The molecule has 0 N–H and O–H groups in total. The maximum atomic E-state index is 12.6. The molecule has 1 aromatic heterocycles. The fraction of sp³-hybridized carbons (Fsp3) is 0.250. The van der Waals surface area contributed by atoms with Gasteiger partial charge in [-0.25, -0.2) is 4.98 Å². The van der Waals surface area contributed by atoms with Crippen LogP contribution < -0.4 is 4.74 Å². The lowest BCUT2D eigenvalue weighted by Crippen LogP contribution is -2.31. The Morgan fingerprint density at radius 1 is 1.38 bits per heavy atom. The van der Waals surface area contributed by atoms with E-state index in [1.807, 2.05) is 0 Å². The Morgan fingerprint density at radius 2 is 2.17 bits per heavy atom. The summed E-state index contributed by atoms with van der Waals surface area (Å²) in [6.45, 7) is 0.541. The van der Waals surface area contributed by atoms with E-state index in [1.54, 1.807) is 37.4 Å². The van der Waals surface area contributed by atoms with Gasteiger partial charge in [0, 0.05) is 18.3 Å². The van der Waals surface area contributed by atoms with Crippen LogP contribution in [0.15, 0.2) is 47.6 Å². The number of hydrogen-bond donors (Lipinski definition) is 0. The van der Waals surface area contributed by atoms with Gasteiger partial charge in [-0.2, -0.15) is 8.78 Å². The van der Waals surface area contributed by atoms with Crippen LogP contribution in [0.4, 0.5) is 8.78 Å². The lowest BCUT2D eigenvalue weighted by Gasteiger charge is -2.18. The average Bonchev–Trinajstić information content (AvgIpc) is 2.54. The number of aromatic nitrogens is 1. The number of nitrogens with zero attached hydrogens (tertiary/aromatic N) is 2. The van der Waals surface area contributed by atoms with E-state index in [4.69, 9.17) is 16.3 Å². The molecule has 0 spiro atoms. The number of halogens is 3. The Morgan fingerprint density at radius 3 is 2.88 bits per heavy atom. The Hall–Kier alpha value is -1.86. The van der Waals surface area contributed by atoms with Crippen molar-refractivity contribution in [3.63, 3.8) is 0 Å². The first-order valence-corrected chi connectivity index (χ1v) is 8.27. The van der Waals surface area contributed by atoms with Gasteiger partial charge in [-0.1, -0.05) is 17.7 Å². The Labute approximate surface area is 147 Å². The molecule has 128 valence electrons. The number of rotatable bonds is 7. The minimum absolute atomic E-state index is 0.0140. The predicted octanol–water partition coefficient (Wildman–Crippen LogP) is 4.20. The molecule has 1 heterocycles. The third-order valence-corrected chi connectivity index (χ3v) is 4.00. The molecule has 0 unspecified atom stereocenters. The second kappa shape index (κ2) is 8.84. The molecule has 24 heavy (non-hydrogen) atoms. The van der Waals surface area contributed by atoms with Gasteiger partial charge in [-0.3, -0.25) is 4.79 Å². The van der Waals surface area contributed by atoms with E-state index in [1.165, 1.54) is 17.2 Å². The molecule has 0 radical (unpaired) electrons. The lowest BCUT2D eigenvalue weighted by molar-refractivity contribution is 0.0769. The smallest absolute Gasteiger partial charge is 0.290 e. The van der Waals surface area contributed by atoms with E-state index < -0.39 is 5.76 Å². The molecule has 0 aliphatic carbocycles. The number of carbonyl (C=O) groups is 1. The van der Waals surface area contributed by atoms with Crippen molar-refractivity contribution in [2.45, 2.75) is 10.8 Å². The molecular weight excluding hydrogens is 358 g/mol. The van der Waals surface area contributed by atoms with E-state index in [2.05, 4.69) is 4.98 Å². The van der Waals surface area contributed by atoms with Crippen LogP contribution in [0.2, 0.25) is 5.02 Å². The van der Waals surface area contributed by atoms with Gasteiger partial charge < -0.3 is 9.64 Å². The van der Waals surface area contributed by atoms with Crippen molar-refractivity contribution in [2.24, 2.45) is 0 Å². The number of carbonyl (C=O) groups excluding carboxylic acids is 1. The van der Waals surface area contributed by atoms with Crippen LogP contribution in [-0.4, -0.2) is 41.7 Å². The number of hydrogen-bond acceptors (Lipinski definition) is 4. The monoisotopic (exact) mass is 372 g/mol. The SMILES string of the molecule is CN(CCOc1cccc(Cl)c1)C(=O)c1cccnc1SC(F)F. The first-order valence-electron chi connectivity index (χ1n) is 7.01. The molecule has 0 fully saturated rings. The van der Waals surface area contributed by atoms with Crippen molar-refractivity contribution in [2.75, 3.05) is 20.2 Å². The Kier molecular flexibility index (Phi) is 6.81. The van der Waals surface area contributed by atoms with Crippen LogP contribution in [0.1, 0.15) is 10.4 Å². The third-order valence-electron chi connectivity index (χ3n) is 3.04. The van der Waals surface area contributed by atoms with E-state index in [9.17, 15) is 13.6 Å². The summed E-state index contributed by atoms with van der Waals surface area (Å²) in [5, 5.41) is 0.570. The summed E-state index contributed by atoms with van der Waals surface area (Å²) < 4.78 is 30.6. The molecule has 2 rings (SSSR count). The highest BCUT2D eigenvalue weighted by molar-refractivity contribution is 7.99. The van der Waals surface area contributed by atoms with Crippen molar-refractivity contribution in [1.29, 1.82) is 0 Å². The van der Waals surface area contributed by atoms with Gasteiger partial charge >= 0.3 is 0 Å². The second-order valence-corrected chi connectivity index (χ2v) is 6.18.